The van der Waals surface area contributed by atoms with Crippen molar-refractivity contribution < 1.29 is 19.2 Å². The number of nitrogens with zero attached hydrogens (tertiary/aromatic N) is 2. The minimum Gasteiger partial charge on any atom is -0.444 e. The minimum absolute atomic E-state index is 0.263. The number of rotatable bonds is 5. The number of hydroxylamine groups is 2. The van der Waals surface area contributed by atoms with Gasteiger partial charge in [-0.15, -0.1) is 0 Å². The van der Waals surface area contributed by atoms with Gasteiger partial charge in [-0.3, -0.25) is 14.5 Å². The summed E-state index contributed by atoms with van der Waals surface area (Å²) < 4.78 is 5.30. The van der Waals surface area contributed by atoms with Gasteiger partial charge in [-0.05, 0) is 33.1 Å². The van der Waals surface area contributed by atoms with Crippen molar-refractivity contribution in [1.29, 1.82) is 0 Å². The van der Waals surface area contributed by atoms with Crippen LogP contribution in [0.4, 0.5) is 4.79 Å². The first-order valence-electron chi connectivity index (χ1n) is 6.77. The van der Waals surface area contributed by atoms with Crippen molar-refractivity contribution in [3.63, 3.8) is 0 Å². The van der Waals surface area contributed by atoms with Gasteiger partial charge in [0, 0.05) is 14.1 Å². The highest BCUT2D eigenvalue weighted by molar-refractivity contribution is 5.84. The quantitative estimate of drug-likeness (QED) is 0.728. The van der Waals surface area contributed by atoms with Crippen LogP contribution in [0.3, 0.4) is 0 Å². The van der Waals surface area contributed by atoms with E-state index in [0.717, 1.165) is 5.06 Å². The molecule has 0 fully saturated rings. The molecule has 1 atom stereocenters. The average molecular weight is 288 g/mol. The highest BCUT2D eigenvalue weighted by atomic mass is 16.7. The number of hydrogen-bond acceptors (Lipinski definition) is 4. The lowest BCUT2D eigenvalue weighted by Crippen LogP contribution is -2.49. The maximum Gasteiger partial charge on any atom is 0.410 e. The maximum absolute atomic E-state index is 12.3. The molecule has 0 rings (SSSR count). The third-order valence-corrected chi connectivity index (χ3v) is 2.71. The predicted octanol–water partition coefficient (Wildman–Crippen LogP) is 2.29. The molecule has 20 heavy (non-hydrogen) atoms. The van der Waals surface area contributed by atoms with Crippen molar-refractivity contribution in [2.75, 3.05) is 21.2 Å². The molecule has 0 radical (unpaired) electrons. The topological polar surface area (TPSA) is 59.1 Å². The first kappa shape index (κ1) is 18.7. The molecule has 0 N–H and O–H groups in total. The SMILES string of the molecule is CON(C)C(=O)[C@H](CC(C)C)N(C)C(=O)OC(C)(C)C. The van der Waals surface area contributed by atoms with Gasteiger partial charge in [-0.2, -0.15) is 0 Å². The minimum atomic E-state index is -0.602. The largest absolute Gasteiger partial charge is 0.444 e. The predicted molar refractivity (Wildman–Crippen MR) is 77.0 cm³/mol. The molecule has 0 saturated carbocycles. The Morgan fingerprint density at radius 2 is 1.65 bits per heavy atom. The summed E-state index contributed by atoms with van der Waals surface area (Å²) in [5.74, 6) is -0.00588. The summed E-state index contributed by atoms with van der Waals surface area (Å²) in [4.78, 5) is 30.6. The molecule has 2 amide bonds. The van der Waals surface area contributed by atoms with Gasteiger partial charge in [-0.25, -0.2) is 9.86 Å². The smallest absolute Gasteiger partial charge is 0.410 e. The van der Waals surface area contributed by atoms with Crippen LogP contribution in [0.1, 0.15) is 41.0 Å². The maximum atomic E-state index is 12.3. The zero-order valence-electron chi connectivity index (χ0n) is 13.9. The second kappa shape index (κ2) is 7.47. The van der Waals surface area contributed by atoms with Gasteiger partial charge < -0.3 is 4.74 Å². The summed E-state index contributed by atoms with van der Waals surface area (Å²) in [7, 11) is 4.51. The van der Waals surface area contributed by atoms with E-state index in [1.165, 1.54) is 19.1 Å². The van der Waals surface area contributed by atoms with Gasteiger partial charge in [0.05, 0.1) is 7.11 Å². The zero-order chi connectivity index (χ0) is 16.1. The van der Waals surface area contributed by atoms with Crippen LogP contribution in [0.5, 0.6) is 0 Å². The summed E-state index contributed by atoms with van der Waals surface area (Å²) in [5.41, 5.74) is -0.593. The Bertz CT molecular complexity index is 337. The Morgan fingerprint density at radius 3 is 2.00 bits per heavy atom. The Kier molecular flexibility index (Phi) is 6.99. The number of likely N-dealkylation sites (N-methyl/N-ethyl adjacent to an activating group) is 2. The summed E-state index contributed by atoms with van der Waals surface area (Å²) in [6.07, 6.45) is 0.0310. The van der Waals surface area contributed by atoms with E-state index >= 15 is 0 Å². The summed E-state index contributed by atoms with van der Waals surface area (Å²) in [6, 6.07) is -0.602. The lowest BCUT2D eigenvalue weighted by Gasteiger charge is -2.32. The summed E-state index contributed by atoms with van der Waals surface area (Å²) >= 11 is 0. The number of ether oxygens (including phenoxy) is 1. The molecule has 6 heteroatoms. The van der Waals surface area contributed by atoms with Crippen LogP contribution in [0.15, 0.2) is 0 Å². The molecule has 0 heterocycles. The Morgan fingerprint density at radius 1 is 1.15 bits per heavy atom. The first-order chi connectivity index (χ1) is 8.99. The molecule has 0 aliphatic carbocycles. The third kappa shape index (κ3) is 6.23. The summed E-state index contributed by atoms with van der Waals surface area (Å²) in [5, 5.41) is 1.13. The second-order valence-electron chi connectivity index (χ2n) is 6.25. The van der Waals surface area contributed by atoms with Crippen LogP contribution >= 0.6 is 0 Å². The molecule has 0 unspecified atom stereocenters. The van der Waals surface area contributed by atoms with Crippen molar-refractivity contribution in [1.82, 2.24) is 9.96 Å². The molecule has 0 aromatic rings. The van der Waals surface area contributed by atoms with Crippen molar-refractivity contribution in [3.05, 3.63) is 0 Å². The Hall–Kier alpha value is -1.30. The van der Waals surface area contributed by atoms with Crippen LogP contribution < -0.4 is 0 Å². The van der Waals surface area contributed by atoms with Gasteiger partial charge in [0.1, 0.15) is 11.6 Å². The lowest BCUT2D eigenvalue weighted by molar-refractivity contribution is -0.174. The van der Waals surface area contributed by atoms with E-state index in [-0.39, 0.29) is 11.8 Å². The number of amides is 2. The Labute approximate surface area is 122 Å². The van der Waals surface area contributed by atoms with E-state index in [1.807, 2.05) is 13.8 Å². The van der Waals surface area contributed by atoms with Crippen molar-refractivity contribution >= 4 is 12.0 Å². The van der Waals surface area contributed by atoms with E-state index in [2.05, 4.69) is 0 Å². The van der Waals surface area contributed by atoms with E-state index in [4.69, 9.17) is 9.57 Å². The average Bonchev–Trinajstić information content (AvgIpc) is 2.30. The van der Waals surface area contributed by atoms with E-state index < -0.39 is 17.7 Å². The van der Waals surface area contributed by atoms with Gasteiger partial charge in [0.25, 0.3) is 5.91 Å². The van der Waals surface area contributed by atoms with Crippen LogP contribution in [-0.4, -0.2) is 54.8 Å². The highest BCUT2D eigenvalue weighted by Gasteiger charge is 2.32. The van der Waals surface area contributed by atoms with Gasteiger partial charge >= 0.3 is 6.09 Å². The molecular formula is C14H28N2O4. The molecule has 0 bridgehead atoms. The fourth-order valence-corrected chi connectivity index (χ4v) is 1.63. The van der Waals surface area contributed by atoms with Crippen LogP contribution in [0.25, 0.3) is 0 Å². The second-order valence-corrected chi connectivity index (χ2v) is 6.25. The van der Waals surface area contributed by atoms with Crippen molar-refractivity contribution in [2.45, 2.75) is 52.7 Å². The molecule has 0 spiro atoms. The number of hydrogen-bond donors (Lipinski definition) is 0. The number of carbonyl (C=O) groups excluding carboxylic acids is 2. The zero-order valence-corrected chi connectivity index (χ0v) is 13.9. The van der Waals surface area contributed by atoms with Crippen LogP contribution in [-0.2, 0) is 14.4 Å². The van der Waals surface area contributed by atoms with Crippen molar-refractivity contribution in [2.24, 2.45) is 5.92 Å². The van der Waals surface area contributed by atoms with Gasteiger partial charge in [0.2, 0.25) is 0 Å². The molecule has 0 saturated heterocycles. The molecule has 0 aliphatic heterocycles. The molecule has 0 aliphatic rings. The fraction of sp³-hybridized carbons (Fsp3) is 0.857. The van der Waals surface area contributed by atoms with Gasteiger partial charge in [-0.1, -0.05) is 13.8 Å². The fourth-order valence-electron chi connectivity index (χ4n) is 1.63. The van der Waals surface area contributed by atoms with Crippen molar-refractivity contribution in [3.8, 4) is 0 Å². The monoisotopic (exact) mass is 288 g/mol. The lowest BCUT2D eigenvalue weighted by atomic mass is 10.0. The number of carbonyl (C=O) groups is 2. The third-order valence-electron chi connectivity index (χ3n) is 2.71. The van der Waals surface area contributed by atoms with Crippen LogP contribution in [0, 0.1) is 5.92 Å². The molecule has 118 valence electrons. The molecular weight excluding hydrogens is 260 g/mol. The standard InChI is InChI=1S/C14H28N2O4/c1-10(2)9-11(12(17)16(7)19-8)15(6)13(18)20-14(3,4)5/h10-11H,9H2,1-8H3/t11-/m0/s1. The summed E-state index contributed by atoms with van der Waals surface area (Å²) in [6.45, 7) is 9.36. The highest BCUT2D eigenvalue weighted by Crippen LogP contribution is 2.16. The molecule has 0 aromatic carbocycles. The van der Waals surface area contributed by atoms with E-state index in [1.54, 1.807) is 27.8 Å². The van der Waals surface area contributed by atoms with E-state index in [0.29, 0.717) is 6.42 Å². The normalized spacial score (nSPS) is 13.1. The van der Waals surface area contributed by atoms with E-state index in [9.17, 15) is 9.59 Å². The first-order valence-corrected chi connectivity index (χ1v) is 6.77. The molecule has 0 aromatic heterocycles. The Balaban J connectivity index is 5.03. The molecule has 6 nitrogen and oxygen atoms in total. The van der Waals surface area contributed by atoms with Gasteiger partial charge in [0.15, 0.2) is 0 Å². The van der Waals surface area contributed by atoms with Crippen LogP contribution in [0.2, 0.25) is 0 Å².